The van der Waals surface area contributed by atoms with E-state index in [0.29, 0.717) is 0 Å². The van der Waals surface area contributed by atoms with Crippen molar-refractivity contribution in [2.45, 2.75) is 33.3 Å². The molecule has 1 aliphatic rings. The Morgan fingerprint density at radius 1 is 1.30 bits per heavy atom. The van der Waals surface area contributed by atoms with Crippen LogP contribution in [0.1, 0.15) is 27.7 Å². The van der Waals surface area contributed by atoms with Crippen LogP contribution < -0.4 is 0 Å². The van der Waals surface area contributed by atoms with Crippen LogP contribution in [0.4, 0.5) is 4.79 Å². The molecule has 20 heavy (non-hydrogen) atoms. The lowest BCUT2D eigenvalue weighted by Crippen LogP contribution is -2.45. The van der Waals surface area contributed by atoms with Gasteiger partial charge in [-0.05, 0) is 27.7 Å². The van der Waals surface area contributed by atoms with E-state index in [4.69, 9.17) is 9.47 Å². The molecule has 1 aliphatic heterocycles. The molecule has 0 atom stereocenters. The summed E-state index contributed by atoms with van der Waals surface area (Å²) in [6.45, 7) is 6.86. The first-order valence-corrected chi connectivity index (χ1v) is 6.36. The van der Waals surface area contributed by atoms with E-state index in [0.717, 1.165) is 4.90 Å². The van der Waals surface area contributed by atoms with Gasteiger partial charge >= 0.3 is 12.1 Å². The molecule has 0 fully saturated rings. The van der Waals surface area contributed by atoms with Crippen LogP contribution in [-0.2, 0) is 19.1 Å². The normalized spacial score (nSPS) is 15.3. The van der Waals surface area contributed by atoms with Gasteiger partial charge in [0.1, 0.15) is 18.7 Å². The Balaban J connectivity index is 2.61. The van der Waals surface area contributed by atoms with E-state index in [1.165, 1.54) is 17.3 Å². The SMILES string of the molecule is CCOC(=O)CN1C=CN(C(=O)OC(C)(C)C)CC1=O. The summed E-state index contributed by atoms with van der Waals surface area (Å²) in [4.78, 5) is 37.3. The lowest BCUT2D eigenvalue weighted by atomic mass is 10.2. The number of ether oxygens (including phenoxy) is 2. The molecule has 0 saturated heterocycles. The molecule has 0 bridgehead atoms. The van der Waals surface area contributed by atoms with E-state index >= 15 is 0 Å². The van der Waals surface area contributed by atoms with E-state index in [1.54, 1.807) is 27.7 Å². The first-order valence-electron chi connectivity index (χ1n) is 6.36. The average molecular weight is 284 g/mol. The fourth-order valence-corrected chi connectivity index (χ4v) is 1.47. The Morgan fingerprint density at radius 3 is 2.45 bits per heavy atom. The highest BCUT2D eigenvalue weighted by molar-refractivity contribution is 5.88. The summed E-state index contributed by atoms with van der Waals surface area (Å²) in [5.74, 6) is -0.859. The van der Waals surface area contributed by atoms with Gasteiger partial charge in [0, 0.05) is 12.4 Å². The van der Waals surface area contributed by atoms with Gasteiger partial charge in [-0.2, -0.15) is 0 Å². The molecule has 0 unspecified atom stereocenters. The van der Waals surface area contributed by atoms with Gasteiger partial charge in [-0.1, -0.05) is 0 Å². The molecule has 1 rings (SSSR count). The highest BCUT2D eigenvalue weighted by Gasteiger charge is 2.28. The molecule has 7 heteroatoms. The summed E-state index contributed by atoms with van der Waals surface area (Å²) >= 11 is 0. The number of esters is 1. The van der Waals surface area contributed by atoms with Crippen molar-refractivity contribution >= 4 is 18.0 Å². The van der Waals surface area contributed by atoms with Crippen molar-refractivity contribution in [2.24, 2.45) is 0 Å². The summed E-state index contributed by atoms with van der Waals surface area (Å²) in [7, 11) is 0. The third-order valence-electron chi connectivity index (χ3n) is 2.29. The number of amides is 2. The van der Waals surface area contributed by atoms with Crippen LogP contribution in [0.5, 0.6) is 0 Å². The minimum Gasteiger partial charge on any atom is -0.465 e. The van der Waals surface area contributed by atoms with Crippen molar-refractivity contribution in [3.63, 3.8) is 0 Å². The van der Waals surface area contributed by atoms with Crippen molar-refractivity contribution in [1.29, 1.82) is 0 Å². The Bertz CT molecular complexity index is 425. The summed E-state index contributed by atoms with van der Waals surface area (Å²) < 4.78 is 9.91. The lowest BCUT2D eigenvalue weighted by Gasteiger charge is -2.29. The number of hydrogen-bond donors (Lipinski definition) is 0. The number of carbonyl (C=O) groups excluding carboxylic acids is 3. The van der Waals surface area contributed by atoms with Crippen LogP contribution in [0.2, 0.25) is 0 Å². The maximum Gasteiger partial charge on any atom is 0.414 e. The highest BCUT2D eigenvalue weighted by Crippen LogP contribution is 2.13. The molecule has 112 valence electrons. The van der Waals surface area contributed by atoms with E-state index in [-0.39, 0.29) is 25.6 Å². The fraction of sp³-hybridized carbons (Fsp3) is 0.615. The summed E-state index contributed by atoms with van der Waals surface area (Å²) in [5.41, 5.74) is -0.629. The summed E-state index contributed by atoms with van der Waals surface area (Å²) in [6, 6.07) is 0. The highest BCUT2D eigenvalue weighted by atomic mass is 16.6. The first kappa shape index (κ1) is 16.0. The van der Waals surface area contributed by atoms with Crippen molar-refractivity contribution in [2.75, 3.05) is 19.7 Å². The predicted molar refractivity (Wildman–Crippen MR) is 70.4 cm³/mol. The molecule has 0 spiro atoms. The van der Waals surface area contributed by atoms with Crippen molar-refractivity contribution in [3.05, 3.63) is 12.4 Å². The Labute approximate surface area is 118 Å². The van der Waals surface area contributed by atoms with Gasteiger partial charge < -0.3 is 14.4 Å². The summed E-state index contributed by atoms with van der Waals surface area (Å²) in [5, 5.41) is 0. The van der Waals surface area contributed by atoms with Crippen LogP contribution in [-0.4, -0.2) is 53.1 Å². The van der Waals surface area contributed by atoms with Gasteiger partial charge in [0.2, 0.25) is 5.91 Å². The summed E-state index contributed by atoms with van der Waals surface area (Å²) in [6.07, 6.45) is 2.18. The standard InChI is InChI=1S/C13H20N2O5/c1-5-19-11(17)9-14-6-7-15(8-10(14)16)12(18)20-13(2,3)4/h6-7H,5,8-9H2,1-4H3. The monoisotopic (exact) mass is 284 g/mol. The zero-order valence-electron chi connectivity index (χ0n) is 12.2. The molecule has 2 amide bonds. The third-order valence-corrected chi connectivity index (χ3v) is 2.29. The van der Waals surface area contributed by atoms with Crippen LogP contribution >= 0.6 is 0 Å². The Hall–Kier alpha value is -2.05. The van der Waals surface area contributed by atoms with Crippen molar-refractivity contribution in [3.8, 4) is 0 Å². The Morgan fingerprint density at radius 2 is 1.95 bits per heavy atom. The smallest absolute Gasteiger partial charge is 0.414 e. The maximum absolute atomic E-state index is 11.8. The first-order chi connectivity index (χ1) is 9.23. The molecular weight excluding hydrogens is 264 g/mol. The van der Waals surface area contributed by atoms with Gasteiger partial charge in [-0.3, -0.25) is 14.5 Å². The molecule has 0 radical (unpaired) electrons. The topological polar surface area (TPSA) is 76.2 Å². The molecule has 0 saturated carbocycles. The minimum absolute atomic E-state index is 0.161. The van der Waals surface area contributed by atoms with Crippen molar-refractivity contribution < 1.29 is 23.9 Å². The second-order valence-electron chi connectivity index (χ2n) is 5.23. The zero-order chi connectivity index (χ0) is 15.3. The quantitative estimate of drug-likeness (QED) is 0.725. The molecule has 7 nitrogen and oxygen atoms in total. The van der Waals surface area contributed by atoms with Crippen LogP contribution in [0.25, 0.3) is 0 Å². The third kappa shape index (κ3) is 4.91. The van der Waals surface area contributed by atoms with E-state index in [9.17, 15) is 14.4 Å². The number of hydrogen-bond acceptors (Lipinski definition) is 5. The molecular formula is C13H20N2O5. The lowest BCUT2D eigenvalue weighted by molar-refractivity contribution is -0.147. The molecule has 0 aliphatic carbocycles. The van der Waals surface area contributed by atoms with Crippen molar-refractivity contribution in [1.82, 2.24) is 9.80 Å². The van der Waals surface area contributed by atoms with Crippen LogP contribution in [0.3, 0.4) is 0 Å². The number of rotatable bonds is 3. The van der Waals surface area contributed by atoms with Gasteiger partial charge in [0.25, 0.3) is 0 Å². The van der Waals surface area contributed by atoms with Gasteiger partial charge in [-0.25, -0.2) is 4.79 Å². The Kier molecular flexibility index (Phi) is 5.12. The maximum atomic E-state index is 11.8. The molecule has 0 aromatic heterocycles. The van der Waals surface area contributed by atoms with Gasteiger partial charge in [-0.15, -0.1) is 0 Å². The predicted octanol–water partition coefficient (Wildman–Crippen LogP) is 1.10. The number of carbonyl (C=O) groups is 3. The van der Waals surface area contributed by atoms with E-state index < -0.39 is 17.7 Å². The number of nitrogens with zero attached hydrogens (tertiary/aromatic N) is 2. The molecule has 0 aromatic rings. The molecule has 0 aromatic carbocycles. The van der Waals surface area contributed by atoms with Crippen LogP contribution in [0, 0.1) is 0 Å². The second kappa shape index (κ2) is 6.40. The van der Waals surface area contributed by atoms with Crippen LogP contribution in [0.15, 0.2) is 12.4 Å². The van der Waals surface area contributed by atoms with Gasteiger partial charge in [0.15, 0.2) is 0 Å². The fourth-order valence-electron chi connectivity index (χ4n) is 1.47. The van der Waals surface area contributed by atoms with E-state index in [1.807, 2.05) is 0 Å². The minimum atomic E-state index is -0.629. The zero-order valence-corrected chi connectivity index (χ0v) is 12.2. The average Bonchev–Trinajstić information content (AvgIpc) is 2.29. The molecule has 1 heterocycles. The van der Waals surface area contributed by atoms with Gasteiger partial charge in [0.05, 0.1) is 6.61 Å². The van der Waals surface area contributed by atoms with E-state index in [2.05, 4.69) is 0 Å². The molecule has 0 N–H and O–H groups in total. The second-order valence-corrected chi connectivity index (χ2v) is 5.23. The largest absolute Gasteiger partial charge is 0.465 e.